The van der Waals surface area contributed by atoms with Crippen molar-refractivity contribution in [3.05, 3.63) is 92.9 Å². The van der Waals surface area contributed by atoms with Gasteiger partial charge in [0.2, 0.25) is 5.91 Å². The molecular weight excluding hydrogens is 538 g/mol. The molecule has 3 aromatic rings. The van der Waals surface area contributed by atoms with E-state index in [-0.39, 0.29) is 0 Å². The first-order valence-electron chi connectivity index (χ1n) is 9.78. The molecule has 1 atom stereocenters. The predicted octanol–water partition coefficient (Wildman–Crippen LogP) is 5.52. The van der Waals surface area contributed by atoms with Gasteiger partial charge >= 0.3 is 0 Å². The van der Waals surface area contributed by atoms with E-state index < -0.39 is 17.7 Å². The van der Waals surface area contributed by atoms with E-state index in [1.807, 2.05) is 60.7 Å². The maximum Gasteiger partial charge on any atom is 0.252 e. The van der Waals surface area contributed by atoms with Crippen molar-refractivity contribution in [3.63, 3.8) is 0 Å². The molecule has 0 fully saturated rings. The van der Waals surface area contributed by atoms with Gasteiger partial charge < -0.3 is 10.1 Å². The largest absolute Gasteiger partial charge is 0.489 e. The maximum atomic E-state index is 12.3. The minimum Gasteiger partial charge on any atom is -0.489 e. The Kier molecular flexibility index (Phi) is 8.58. The van der Waals surface area contributed by atoms with Gasteiger partial charge in [-0.2, -0.15) is 5.10 Å². The fourth-order valence-corrected chi connectivity index (χ4v) is 3.24. The molecule has 0 spiro atoms. The number of carbonyl (C=O) groups excluding carboxylic acids is 2. The van der Waals surface area contributed by atoms with Gasteiger partial charge in [-0.3, -0.25) is 9.59 Å². The van der Waals surface area contributed by atoms with Crippen LogP contribution in [0.1, 0.15) is 18.1 Å². The number of hydrazone groups is 1. The maximum absolute atomic E-state index is 12.3. The molecule has 0 aliphatic heterocycles. The molecule has 0 heterocycles. The molecule has 8 heteroatoms. The van der Waals surface area contributed by atoms with Crippen LogP contribution in [-0.2, 0) is 16.2 Å². The molecule has 3 aromatic carbocycles. The summed E-state index contributed by atoms with van der Waals surface area (Å²) in [5.41, 5.74) is 4.85. The molecule has 0 aromatic heterocycles. The van der Waals surface area contributed by atoms with Crippen molar-refractivity contribution >= 4 is 55.6 Å². The highest BCUT2D eigenvalue weighted by Crippen LogP contribution is 2.21. The first-order valence-corrected chi connectivity index (χ1v) is 11.4. The normalized spacial score (nSPS) is 11.7. The summed E-state index contributed by atoms with van der Waals surface area (Å²) in [6, 6.07) is 22.4. The number of nitrogens with zero attached hydrogens (tertiary/aromatic N) is 1. The van der Waals surface area contributed by atoms with Crippen LogP contribution in [0.5, 0.6) is 5.75 Å². The minimum atomic E-state index is -0.909. The highest BCUT2D eigenvalue weighted by Gasteiger charge is 2.21. The summed E-state index contributed by atoms with van der Waals surface area (Å²) in [6.07, 6.45) is 1.51. The van der Waals surface area contributed by atoms with E-state index in [1.54, 1.807) is 12.1 Å². The number of nitrogens with one attached hydrogen (secondary N) is 2. The molecule has 164 valence electrons. The van der Waals surface area contributed by atoms with Crippen LogP contribution >= 0.6 is 31.9 Å². The van der Waals surface area contributed by atoms with Gasteiger partial charge in [0.15, 0.2) is 0 Å². The number of carbonyl (C=O) groups is 2. The summed E-state index contributed by atoms with van der Waals surface area (Å²) in [4.78, 5) is 24.5. The first-order chi connectivity index (χ1) is 15.4. The lowest BCUT2D eigenvalue weighted by atomic mass is 10.1. The van der Waals surface area contributed by atoms with Crippen molar-refractivity contribution < 1.29 is 14.3 Å². The number of amides is 2. The molecule has 2 N–H and O–H groups in total. The molecule has 0 saturated heterocycles. The zero-order valence-corrected chi connectivity index (χ0v) is 20.4. The summed E-state index contributed by atoms with van der Waals surface area (Å²) >= 11 is 6.77. The molecule has 0 saturated carbocycles. The molecule has 2 amide bonds. The Morgan fingerprint density at radius 3 is 2.34 bits per heavy atom. The highest BCUT2D eigenvalue weighted by molar-refractivity contribution is 9.10. The number of benzene rings is 3. The average Bonchev–Trinajstić information content (AvgIpc) is 2.80. The van der Waals surface area contributed by atoms with Crippen molar-refractivity contribution in [1.29, 1.82) is 0 Å². The zero-order chi connectivity index (χ0) is 22.9. The lowest BCUT2D eigenvalue weighted by Crippen LogP contribution is -2.34. The molecule has 0 radical (unpaired) electrons. The number of para-hydroxylation sites is 1. The Morgan fingerprint density at radius 1 is 0.969 bits per heavy atom. The summed E-state index contributed by atoms with van der Waals surface area (Å²) in [6.45, 7) is 1.99. The summed E-state index contributed by atoms with van der Waals surface area (Å²) < 4.78 is 7.53. The van der Waals surface area contributed by atoms with Gasteiger partial charge in [-0.1, -0.05) is 40.2 Å². The van der Waals surface area contributed by atoms with Crippen LogP contribution < -0.4 is 15.5 Å². The van der Waals surface area contributed by atoms with Gasteiger partial charge in [-0.25, -0.2) is 5.43 Å². The van der Waals surface area contributed by atoms with Crippen LogP contribution in [0.3, 0.4) is 0 Å². The van der Waals surface area contributed by atoms with Gasteiger partial charge in [-0.05, 0) is 82.5 Å². The molecule has 0 aliphatic carbocycles. The number of hydrogen-bond donors (Lipinski definition) is 2. The van der Waals surface area contributed by atoms with Gasteiger partial charge in [0.1, 0.15) is 18.3 Å². The topological polar surface area (TPSA) is 79.8 Å². The van der Waals surface area contributed by atoms with E-state index in [4.69, 9.17) is 4.74 Å². The number of hydrogen-bond acceptors (Lipinski definition) is 4. The van der Waals surface area contributed by atoms with Crippen LogP contribution in [0.2, 0.25) is 0 Å². The second kappa shape index (κ2) is 11.6. The summed E-state index contributed by atoms with van der Waals surface area (Å²) in [5, 5.41) is 6.66. The lowest BCUT2D eigenvalue weighted by Gasteiger charge is -2.11. The number of ether oxygens (including phenoxy) is 1. The van der Waals surface area contributed by atoms with Crippen LogP contribution in [0.15, 0.2) is 86.8 Å². The monoisotopic (exact) mass is 557 g/mol. The highest BCUT2D eigenvalue weighted by atomic mass is 79.9. The Balaban J connectivity index is 1.47. The van der Waals surface area contributed by atoms with Gasteiger partial charge in [-0.15, -0.1) is 0 Å². The molecule has 32 heavy (non-hydrogen) atoms. The van der Waals surface area contributed by atoms with Gasteiger partial charge in [0, 0.05) is 8.95 Å². The van der Waals surface area contributed by atoms with Crippen molar-refractivity contribution in [3.8, 4) is 5.75 Å². The summed E-state index contributed by atoms with van der Waals surface area (Å²) in [7, 11) is 0. The van der Waals surface area contributed by atoms with Crippen molar-refractivity contribution in [2.45, 2.75) is 13.5 Å². The van der Waals surface area contributed by atoms with Crippen molar-refractivity contribution in [2.24, 2.45) is 11.0 Å². The molecule has 0 bridgehead atoms. The summed E-state index contributed by atoms with van der Waals surface area (Å²) in [5.74, 6) is -1.10. The molecule has 1 unspecified atom stereocenters. The van der Waals surface area contributed by atoms with Crippen LogP contribution in [0, 0.1) is 5.92 Å². The SMILES string of the molecule is CC(C(=O)NN=Cc1ccc(OCc2ccc(Br)cc2)cc1)C(=O)Nc1ccccc1Br. The molecular formula is C24H21Br2N3O3. The van der Waals surface area contributed by atoms with E-state index in [2.05, 4.69) is 47.7 Å². The Hall–Kier alpha value is -2.97. The second-order valence-corrected chi connectivity index (χ2v) is 8.68. The van der Waals surface area contributed by atoms with E-state index >= 15 is 0 Å². The third-order valence-electron chi connectivity index (χ3n) is 4.51. The van der Waals surface area contributed by atoms with Crippen LogP contribution in [-0.4, -0.2) is 18.0 Å². The Morgan fingerprint density at radius 2 is 1.66 bits per heavy atom. The third kappa shape index (κ3) is 7.03. The third-order valence-corrected chi connectivity index (χ3v) is 5.73. The number of halogens is 2. The van der Waals surface area contributed by atoms with Gasteiger partial charge in [0.05, 0.1) is 11.9 Å². The lowest BCUT2D eigenvalue weighted by molar-refractivity contribution is -0.131. The number of anilines is 1. The fourth-order valence-electron chi connectivity index (χ4n) is 2.59. The quantitative estimate of drug-likeness (QED) is 0.217. The number of rotatable bonds is 8. The average molecular weight is 559 g/mol. The van der Waals surface area contributed by atoms with E-state index in [1.165, 1.54) is 13.1 Å². The van der Waals surface area contributed by atoms with Crippen molar-refractivity contribution in [2.75, 3.05) is 5.32 Å². The fraction of sp³-hybridized carbons (Fsp3) is 0.125. The minimum absolute atomic E-state index is 0.420. The van der Waals surface area contributed by atoms with Gasteiger partial charge in [0.25, 0.3) is 5.91 Å². The predicted molar refractivity (Wildman–Crippen MR) is 133 cm³/mol. The van der Waals surface area contributed by atoms with E-state index in [0.29, 0.717) is 12.3 Å². The second-order valence-electron chi connectivity index (χ2n) is 6.91. The smallest absolute Gasteiger partial charge is 0.252 e. The van der Waals surface area contributed by atoms with E-state index in [9.17, 15) is 9.59 Å². The van der Waals surface area contributed by atoms with Crippen LogP contribution in [0.25, 0.3) is 0 Å². The molecule has 0 aliphatic rings. The standard InChI is InChI=1S/C24H21Br2N3O3/c1-16(23(30)28-22-5-3-2-4-21(22)26)24(31)29-27-14-17-8-12-20(13-9-17)32-15-18-6-10-19(25)11-7-18/h2-14,16H,15H2,1H3,(H,28,30)(H,29,31). The zero-order valence-electron chi connectivity index (χ0n) is 17.2. The van der Waals surface area contributed by atoms with Crippen molar-refractivity contribution in [1.82, 2.24) is 5.43 Å². The molecule has 6 nitrogen and oxygen atoms in total. The molecule has 3 rings (SSSR count). The van der Waals surface area contributed by atoms with E-state index in [0.717, 1.165) is 25.8 Å². The Labute approximate surface area is 203 Å². The Bertz CT molecular complexity index is 1100. The first kappa shape index (κ1) is 23.7. The van der Waals surface area contributed by atoms with Crippen LogP contribution in [0.4, 0.5) is 5.69 Å².